The number of thiazole rings is 1. The van der Waals surface area contributed by atoms with Crippen LogP contribution in [0, 0.1) is 0 Å². The first-order valence-electron chi connectivity index (χ1n) is 7.53. The average molecular weight is 373 g/mol. The summed E-state index contributed by atoms with van der Waals surface area (Å²) in [6.07, 6.45) is 6.82. The molecule has 4 aromatic heterocycles. The van der Waals surface area contributed by atoms with E-state index in [4.69, 9.17) is 11.6 Å². The minimum Gasteiger partial charge on any atom is -0.343 e. The fourth-order valence-corrected chi connectivity index (χ4v) is 3.57. The molecule has 4 heterocycles. The smallest absolute Gasteiger partial charge is 0.244 e. The lowest BCUT2D eigenvalue weighted by molar-refractivity contribution is -0.117. The van der Waals surface area contributed by atoms with Crippen molar-refractivity contribution in [3.05, 3.63) is 58.7 Å². The molecule has 4 aromatic rings. The summed E-state index contributed by atoms with van der Waals surface area (Å²) < 4.78 is 3.68. The minimum atomic E-state index is -0.295. The van der Waals surface area contributed by atoms with Crippen molar-refractivity contribution < 1.29 is 4.79 Å². The van der Waals surface area contributed by atoms with E-state index in [2.05, 4.69) is 20.5 Å². The molecule has 0 saturated heterocycles. The molecule has 0 fully saturated rings. The van der Waals surface area contributed by atoms with E-state index in [9.17, 15) is 4.79 Å². The van der Waals surface area contributed by atoms with Crippen molar-refractivity contribution in [3.63, 3.8) is 0 Å². The van der Waals surface area contributed by atoms with Crippen LogP contribution in [0.15, 0.2) is 42.0 Å². The number of amides is 1. The molecule has 0 bridgehead atoms. The van der Waals surface area contributed by atoms with Gasteiger partial charge in [0.1, 0.15) is 0 Å². The summed E-state index contributed by atoms with van der Waals surface area (Å²) in [6.45, 7) is 1.86. The number of nitrogens with zero attached hydrogens (tertiary/aromatic N) is 5. The Kier molecular flexibility index (Phi) is 3.98. The van der Waals surface area contributed by atoms with Gasteiger partial charge < -0.3 is 5.32 Å². The third kappa shape index (κ3) is 2.90. The van der Waals surface area contributed by atoms with E-state index in [1.807, 2.05) is 51.7 Å². The van der Waals surface area contributed by atoms with Crippen molar-refractivity contribution in [1.29, 1.82) is 0 Å². The van der Waals surface area contributed by atoms with Crippen molar-refractivity contribution in [1.82, 2.24) is 29.3 Å². The molecule has 0 aliphatic heterocycles. The number of rotatable bonds is 4. The molecule has 0 aromatic carbocycles. The van der Waals surface area contributed by atoms with Gasteiger partial charge in [0.05, 0.1) is 11.7 Å². The molecule has 1 unspecified atom stereocenters. The molecule has 7 nitrogen and oxygen atoms in total. The molecule has 126 valence electrons. The number of hydrogen-bond acceptors (Lipinski definition) is 5. The van der Waals surface area contributed by atoms with Crippen LogP contribution >= 0.6 is 22.9 Å². The topological polar surface area (TPSA) is 76.6 Å². The maximum absolute atomic E-state index is 12.2. The SMILES string of the molecule is CC(NC(=O)/C=C/c1c(Cl)nc2sccn12)c1nnc2ccccn12. The minimum absolute atomic E-state index is 0.249. The molecule has 9 heteroatoms. The molecule has 0 spiro atoms. The normalized spacial score (nSPS) is 13.0. The predicted molar refractivity (Wildman–Crippen MR) is 96.7 cm³/mol. The standard InChI is InChI=1S/C16H13ClN6OS/c1-10(15-21-20-12-4-2-3-7-23(12)15)18-13(24)6-5-11-14(17)19-16-22(11)8-9-25-16/h2-10H,1H3,(H,18,24)/b6-5+. The highest BCUT2D eigenvalue weighted by molar-refractivity contribution is 7.15. The van der Waals surface area contributed by atoms with Crippen LogP contribution in [0.25, 0.3) is 16.7 Å². The molecule has 0 saturated carbocycles. The molecule has 4 rings (SSSR count). The van der Waals surface area contributed by atoms with Crippen LogP contribution in [0.2, 0.25) is 5.15 Å². The Hall–Kier alpha value is -2.71. The Labute approximate surface area is 151 Å². The molecule has 1 amide bonds. The van der Waals surface area contributed by atoms with Gasteiger partial charge in [-0.05, 0) is 25.1 Å². The van der Waals surface area contributed by atoms with Crippen LogP contribution in [0.3, 0.4) is 0 Å². The first-order valence-corrected chi connectivity index (χ1v) is 8.78. The number of hydrogen-bond donors (Lipinski definition) is 1. The summed E-state index contributed by atoms with van der Waals surface area (Å²) in [6, 6.07) is 5.35. The van der Waals surface area contributed by atoms with Crippen molar-refractivity contribution in [2.75, 3.05) is 0 Å². The van der Waals surface area contributed by atoms with Gasteiger partial charge in [-0.3, -0.25) is 13.6 Å². The highest BCUT2D eigenvalue weighted by Crippen LogP contribution is 2.22. The number of pyridine rings is 1. The summed E-state index contributed by atoms with van der Waals surface area (Å²) in [7, 11) is 0. The van der Waals surface area contributed by atoms with E-state index in [1.54, 1.807) is 6.08 Å². The lowest BCUT2D eigenvalue weighted by Gasteiger charge is -2.10. The van der Waals surface area contributed by atoms with Crippen LogP contribution in [0.1, 0.15) is 24.5 Å². The third-order valence-electron chi connectivity index (χ3n) is 3.73. The van der Waals surface area contributed by atoms with E-state index in [0.29, 0.717) is 16.7 Å². The highest BCUT2D eigenvalue weighted by atomic mass is 35.5. The Bertz CT molecular complexity index is 1090. The summed E-state index contributed by atoms with van der Waals surface area (Å²) in [5.41, 5.74) is 1.41. The highest BCUT2D eigenvalue weighted by Gasteiger charge is 2.15. The number of fused-ring (bicyclic) bond motifs is 2. The number of carbonyl (C=O) groups is 1. The van der Waals surface area contributed by atoms with E-state index in [1.165, 1.54) is 17.4 Å². The second-order valence-electron chi connectivity index (χ2n) is 5.39. The van der Waals surface area contributed by atoms with Crippen molar-refractivity contribution >= 4 is 45.5 Å². The summed E-state index contributed by atoms with van der Waals surface area (Å²) >= 11 is 7.60. The maximum Gasteiger partial charge on any atom is 0.244 e. The van der Waals surface area contributed by atoms with Gasteiger partial charge in [-0.25, -0.2) is 4.98 Å². The van der Waals surface area contributed by atoms with Gasteiger partial charge >= 0.3 is 0 Å². The summed E-state index contributed by atoms with van der Waals surface area (Å²) in [5, 5.41) is 13.4. The van der Waals surface area contributed by atoms with E-state index < -0.39 is 0 Å². The Balaban J connectivity index is 1.52. The summed E-state index contributed by atoms with van der Waals surface area (Å²) in [4.78, 5) is 17.3. The van der Waals surface area contributed by atoms with Crippen LogP contribution < -0.4 is 5.32 Å². The Morgan fingerprint density at radius 1 is 1.32 bits per heavy atom. The molecular formula is C16H13ClN6OS. The van der Waals surface area contributed by atoms with Gasteiger partial charge in [0.15, 0.2) is 21.6 Å². The van der Waals surface area contributed by atoms with Crippen LogP contribution in [0.5, 0.6) is 0 Å². The van der Waals surface area contributed by atoms with E-state index >= 15 is 0 Å². The van der Waals surface area contributed by atoms with Crippen molar-refractivity contribution in [3.8, 4) is 0 Å². The van der Waals surface area contributed by atoms with Crippen LogP contribution in [-0.4, -0.2) is 29.9 Å². The van der Waals surface area contributed by atoms with E-state index in [-0.39, 0.29) is 11.9 Å². The Morgan fingerprint density at radius 2 is 2.20 bits per heavy atom. The second kappa shape index (κ2) is 6.30. The number of carbonyl (C=O) groups excluding carboxylic acids is 1. The average Bonchev–Trinajstić information content (AvgIpc) is 3.27. The van der Waals surface area contributed by atoms with Crippen LogP contribution in [0.4, 0.5) is 0 Å². The zero-order valence-corrected chi connectivity index (χ0v) is 14.7. The molecule has 0 radical (unpaired) electrons. The molecular weight excluding hydrogens is 360 g/mol. The molecule has 0 aliphatic carbocycles. The number of nitrogens with one attached hydrogen (secondary N) is 1. The first kappa shape index (κ1) is 15.8. The van der Waals surface area contributed by atoms with E-state index in [0.717, 1.165) is 10.6 Å². The van der Waals surface area contributed by atoms with Crippen LogP contribution in [-0.2, 0) is 4.79 Å². The second-order valence-corrected chi connectivity index (χ2v) is 6.63. The fraction of sp³-hybridized carbons (Fsp3) is 0.125. The molecule has 1 atom stereocenters. The zero-order valence-electron chi connectivity index (χ0n) is 13.1. The quantitative estimate of drug-likeness (QED) is 0.559. The monoisotopic (exact) mass is 372 g/mol. The van der Waals surface area contributed by atoms with Crippen molar-refractivity contribution in [2.45, 2.75) is 13.0 Å². The van der Waals surface area contributed by atoms with Gasteiger partial charge in [0.25, 0.3) is 0 Å². The molecule has 1 N–H and O–H groups in total. The lowest BCUT2D eigenvalue weighted by atomic mass is 10.3. The van der Waals surface area contributed by atoms with Gasteiger partial charge in [0.2, 0.25) is 5.91 Å². The molecule has 25 heavy (non-hydrogen) atoms. The lowest BCUT2D eigenvalue weighted by Crippen LogP contribution is -2.26. The Morgan fingerprint density at radius 3 is 3.08 bits per heavy atom. The largest absolute Gasteiger partial charge is 0.343 e. The summed E-state index contributed by atoms with van der Waals surface area (Å²) in [5.74, 6) is 0.418. The molecule has 0 aliphatic rings. The van der Waals surface area contributed by atoms with Crippen molar-refractivity contribution in [2.24, 2.45) is 0 Å². The van der Waals surface area contributed by atoms with Gasteiger partial charge in [-0.1, -0.05) is 17.7 Å². The third-order valence-corrected chi connectivity index (χ3v) is 4.77. The first-order chi connectivity index (χ1) is 12.1. The number of imidazole rings is 1. The number of halogens is 1. The van der Waals surface area contributed by atoms with Gasteiger partial charge in [-0.2, -0.15) is 0 Å². The zero-order chi connectivity index (χ0) is 17.4. The maximum atomic E-state index is 12.2. The predicted octanol–water partition coefficient (Wildman–Crippen LogP) is 2.98. The number of aromatic nitrogens is 5. The fourth-order valence-electron chi connectivity index (χ4n) is 2.56. The van der Waals surface area contributed by atoms with Gasteiger partial charge in [0, 0.05) is 23.8 Å². The van der Waals surface area contributed by atoms with Gasteiger partial charge in [-0.15, -0.1) is 21.5 Å².